The van der Waals surface area contributed by atoms with Crippen LogP contribution in [-0.4, -0.2) is 40.4 Å². The highest BCUT2D eigenvalue weighted by atomic mass is 32.1. The second-order valence-electron chi connectivity index (χ2n) is 9.04. The summed E-state index contributed by atoms with van der Waals surface area (Å²) in [5, 5.41) is 18.8. The van der Waals surface area contributed by atoms with Crippen molar-refractivity contribution >= 4 is 22.7 Å². The van der Waals surface area contributed by atoms with Crippen molar-refractivity contribution in [1.82, 2.24) is 40.4 Å². The van der Waals surface area contributed by atoms with Crippen LogP contribution in [0.5, 0.6) is 0 Å². The van der Waals surface area contributed by atoms with Crippen molar-refractivity contribution in [1.29, 1.82) is 0 Å². The minimum absolute atomic E-state index is 0.676. The average Bonchev–Trinajstić information content (AvgIpc) is 3.75. The first-order valence-electron chi connectivity index (χ1n) is 12.8. The van der Waals surface area contributed by atoms with Crippen molar-refractivity contribution < 1.29 is 8.83 Å². The van der Waals surface area contributed by atoms with E-state index in [4.69, 9.17) is 8.83 Å². The van der Waals surface area contributed by atoms with Crippen LogP contribution in [0.3, 0.4) is 0 Å². The lowest BCUT2D eigenvalue weighted by atomic mass is 10.4. The zero-order valence-electron chi connectivity index (χ0n) is 25.9. The van der Waals surface area contributed by atoms with Gasteiger partial charge in [-0.05, 0) is 90.1 Å². The molecule has 0 spiro atoms. The SMILES string of the molecule is Cc1ccc(C)s1.Cc1cnc(C)o1.Cc1cnn(C)c1.Cc1coc(C)n1.Cc1csc(C)c1.Cc1nn[nH]n1. The van der Waals surface area contributed by atoms with Gasteiger partial charge in [-0.25, -0.2) is 9.97 Å². The topological polar surface area (TPSA) is 124 Å². The minimum atomic E-state index is 0.676. The third-order valence-corrected chi connectivity index (χ3v) is 6.39. The summed E-state index contributed by atoms with van der Waals surface area (Å²) in [5.41, 5.74) is 3.53. The van der Waals surface area contributed by atoms with Gasteiger partial charge in [0.25, 0.3) is 0 Å². The van der Waals surface area contributed by atoms with Crippen molar-refractivity contribution in [3.05, 3.63) is 103 Å². The van der Waals surface area contributed by atoms with Crippen LogP contribution in [0.1, 0.15) is 54.8 Å². The van der Waals surface area contributed by atoms with Crippen LogP contribution in [0.15, 0.2) is 57.3 Å². The van der Waals surface area contributed by atoms with E-state index in [1.807, 2.05) is 65.4 Å². The van der Waals surface area contributed by atoms with Gasteiger partial charge in [0.15, 0.2) is 17.6 Å². The van der Waals surface area contributed by atoms with Gasteiger partial charge in [0.1, 0.15) is 12.0 Å². The van der Waals surface area contributed by atoms with Crippen molar-refractivity contribution in [2.45, 2.75) is 69.2 Å². The molecule has 6 rings (SSSR count). The molecule has 0 aromatic carbocycles. The number of hydrogen-bond donors (Lipinski definition) is 1. The van der Waals surface area contributed by atoms with Gasteiger partial charge >= 0.3 is 0 Å². The van der Waals surface area contributed by atoms with E-state index in [-0.39, 0.29) is 0 Å². The van der Waals surface area contributed by atoms with E-state index >= 15 is 0 Å². The van der Waals surface area contributed by atoms with Crippen LogP contribution in [0.2, 0.25) is 0 Å². The zero-order chi connectivity index (χ0) is 30.8. The molecule has 0 saturated carbocycles. The lowest BCUT2D eigenvalue weighted by Gasteiger charge is -1.78. The smallest absolute Gasteiger partial charge is 0.191 e. The fraction of sp³-hybridized carbons (Fsp3) is 0.379. The Labute approximate surface area is 250 Å². The quantitative estimate of drug-likeness (QED) is 0.190. The molecule has 0 aliphatic carbocycles. The molecule has 0 bridgehead atoms. The third kappa shape index (κ3) is 18.1. The molecule has 0 unspecified atom stereocenters. The molecule has 0 radical (unpaired) electrons. The Hall–Kier alpha value is -3.90. The molecule has 10 nitrogen and oxygen atoms in total. The first-order valence-corrected chi connectivity index (χ1v) is 14.5. The summed E-state index contributed by atoms with van der Waals surface area (Å²) in [5.74, 6) is 3.02. The normalized spacial score (nSPS) is 9.34. The van der Waals surface area contributed by atoms with Crippen molar-refractivity contribution in [3.8, 4) is 0 Å². The second kappa shape index (κ2) is 19.2. The van der Waals surface area contributed by atoms with Gasteiger partial charge in [0, 0.05) is 41.7 Å². The lowest BCUT2D eigenvalue weighted by Crippen LogP contribution is -1.83. The number of aromatic amines is 1. The highest BCUT2D eigenvalue weighted by molar-refractivity contribution is 7.11. The molecule has 6 aromatic rings. The maximum Gasteiger partial charge on any atom is 0.191 e. The van der Waals surface area contributed by atoms with E-state index in [2.05, 4.69) is 87.0 Å². The van der Waals surface area contributed by atoms with Crippen LogP contribution in [0.4, 0.5) is 0 Å². The van der Waals surface area contributed by atoms with Crippen LogP contribution >= 0.6 is 22.7 Å². The summed E-state index contributed by atoms with van der Waals surface area (Å²) in [6, 6.07) is 6.46. The Bertz CT molecular complexity index is 1170. The predicted molar refractivity (Wildman–Crippen MR) is 166 cm³/mol. The monoisotopic (exact) mass is 598 g/mol. The molecule has 0 aliphatic heterocycles. The number of hydrogen-bond acceptors (Lipinski definition) is 10. The van der Waals surface area contributed by atoms with Gasteiger partial charge < -0.3 is 8.83 Å². The Morgan fingerprint density at radius 1 is 0.829 bits per heavy atom. The zero-order valence-corrected chi connectivity index (χ0v) is 27.5. The Balaban J connectivity index is 0.000000246. The first kappa shape index (κ1) is 35.1. The summed E-state index contributed by atoms with van der Waals surface area (Å²) in [6.45, 7) is 19.7. The van der Waals surface area contributed by atoms with E-state index in [1.54, 1.807) is 35.4 Å². The maximum atomic E-state index is 4.97. The van der Waals surface area contributed by atoms with Gasteiger partial charge in [-0.3, -0.25) is 4.68 Å². The van der Waals surface area contributed by atoms with Crippen molar-refractivity contribution in [2.24, 2.45) is 7.05 Å². The van der Waals surface area contributed by atoms with E-state index in [0.29, 0.717) is 5.82 Å². The molecule has 0 aliphatic rings. The van der Waals surface area contributed by atoms with Gasteiger partial charge in [-0.1, -0.05) is 5.21 Å². The Morgan fingerprint density at radius 2 is 1.51 bits per heavy atom. The molecular formula is C29H42N8O2S2. The fourth-order valence-corrected chi connectivity index (χ4v) is 4.30. The molecule has 0 atom stereocenters. The summed E-state index contributed by atoms with van der Waals surface area (Å²) in [6.07, 6.45) is 7.14. The lowest BCUT2D eigenvalue weighted by molar-refractivity contribution is 0.494. The van der Waals surface area contributed by atoms with Gasteiger partial charge in [0.05, 0.1) is 18.1 Å². The molecule has 0 amide bonds. The van der Waals surface area contributed by atoms with Gasteiger partial charge in [0.2, 0.25) is 0 Å². The number of oxazole rings is 2. The average molecular weight is 599 g/mol. The molecule has 6 heterocycles. The number of H-pyrrole nitrogens is 1. The Kier molecular flexibility index (Phi) is 16.5. The molecule has 12 heteroatoms. The van der Waals surface area contributed by atoms with E-state index in [9.17, 15) is 0 Å². The van der Waals surface area contributed by atoms with E-state index in [0.717, 1.165) is 23.2 Å². The fourth-order valence-electron chi connectivity index (χ4n) is 2.83. The molecule has 222 valence electrons. The van der Waals surface area contributed by atoms with E-state index < -0.39 is 0 Å². The second-order valence-corrected chi connectivity index (χ2v) is 11.6. The third-order valence-electron chi connectivity index (χ3n) is 4.49. The standard InChI is InChI=1S/2C6H8S.C5H8N2.2C5H7NO.C2H4N4/c1-5-3-6(2)7-4-5;1-5-3-4-6(2)7-5;1-5-3-6-7(2)4-5;1-4-3-7-5(2)6-4;1-4-3-6-5(2)7-4;1-2-3-5-6-4-2/h3*3-4H,1-2H3;2*3H,1-2H3;1H3,(H,3,4,5,6). The summed E-state index contributed by atoms with van der Waals surface area (Å²) >= 11 is 3.65. The molecule has 1 N–H and O–H groups in total. The largest absolute Gasteiger partial charge is 0.449 e. The highest BCUT2D eigenvalue weighted by Crippen LogP contribution is 2.12. The van der Waals surface area contributed by atoms with Crippen LogP contribution < -0.4 is 0 Å². The minimum Gasteiger partial charge on any atom is -0.449 e. The Morgan fingerprint density at radius 3 is 1.66 bits per heavy atom. The molecule has 0 saturated heterocycles. The van der Waals surface area contributed by atoms with Crippen LogP contribution in [-0.2, 0) is 7.05 Å². The van der Waals surface area contributed by atoms with E-state index in [1.165, 1.54) is 25.8 Å². The number of thiophene rings is 2. The number of rotatable bonds is 0. The number of aryl methyl sites for hydroxylation is 11. The summed E-state index contributed by atoms with van der Waals surface area (Å²) in [7, 11) is 1.91. The number of aromatic nitrogens is 8. The molecular weight excluding hydrogens is 557 g/mol. The summed E-state index contributed by atoms with van der Waals surface area (Å²) in [4.78, 5) is 12.0. The highest BCUT2D eigenvalue weighted by Gasteiger charge is 1.88. The predicted octanol–water partition coefficient (Wildman–Crippen LogP) is 7.55. The van der Waals surface area contributed by atoms with Gasteiger partial charge in [-0.2, -0.15) is 10.3 Å². The molecule has 0 fully saturated rings. The van der Waals surface area contributed by atoms with Crippen molar-refractivity contribution in [3.63, 3.8) is 0 Å². The molecule has 41 heavy (non-hydrogen) atoms. The number of nitrogens with one attached hydrogen (secondary N) is 1. The number of tetrazole rings is 1. The van der Waals surface area contributed by atoms with Gasteiger partial charge in [-0.15, -0.1) is 32.9 Å². The summed E-state index contributed by atoms with van der Waals surface area (Å²) < 4.78 is 11.6. The van der Waals surface area contributed by atoms with Crippen LogP contribution in [0, 0.1) is 69.2 Å². The number of nitrogens with zero attached hydrogens (tertiary/aromatic N) is 7. The molecule has 6 aromatic heterocycles. The van der Waals surface area contributed by atoms with Crippen molar-refractivity contribution in [2.75, 3.05) is 0 Å². The first-order chi connectivity index (χ1) is 19.3. The maximum absolute atomic E-state index is 4.97. The van der Waals surface area contributed by atoms with Crippen LogP contribution in [0.25, 0.3) is 0 Å².